The van der Waals surface area contributed by atoms with Crippen molar-refractivity contribution < 1.29 is 24.0 Å². The number of pyridine rings is 1. The SMILES string of the molecule is O=C(O)c1cc(F)cnc1Oc1ccc([N+](=O)[O-])cc1. The lowest BCUT2D eigenvalue weighted by atomic mass is 10.2. The highest BCUT2D eigenvalue weighted by atomic mass is 19.1. The Kier molecular flexibility index (Phi) is 3.56. The fourth-order valence-corrected chi connectivity index (χ4v) is 1.41. The Morgan fingerprint density at radius 2 is 2.00 bits per heavy atom. The summed E-state index contributed by atoms with van der Waals surface area (Å²) >= 11 is 0. The summed E-state index contributed by atoms with van der Waals surface area (Å²) in [6.07, 6.45) is 0.813. The first-order chi connectivity index (χ1) is 9.47. The molecule has 0 saturated carbocycles. The third kappa shape index (κ3) is 2.86. The number of benzene rings is 1. The van der Waals surface area contributed by atoms with Crippen molar-refractivity contribution in [1.82, 2.24) is 4.98 Å². The number of aromatic carboxylic acids is 1. The van der Waals surface area contributed by atoms with Gasteiger partial charge < -0.3 is 9.84 Å². The van der Waals surface area contributed by atoms with E-state index in [1.165, 1.54) is 24.3 Å². The molecule has 20 heavy (non-hydrogen) atoms. The van der Waals surface area contributed by atoms with Crippen molar-refractivity contribution in [2.75, 3.05) is 0 Å². The second-order valence-electron chi connectivity index (χ2n) is 3.66. The molecule has 0 fully saturated rings. The molecule has 0 aliphatic carbocycles. The zero-order chi connectivity index (χ0) is 14.7. The van der Waals surface area contributed by atoms with Crippen LogP contribution in [0.3, 0.4) is 0 Å². The highest BCUT2D eigenvalue weighted by molar-refractivity contribution is 5.90. The van der Waals surface area contributed by atoms with Gasteiger partial charge in [0.25, 0.3) is 5.69 Å². The maximum absolute atomic E-state index is 12.9. The van der Waals surface area contributed by atoms with E-state index >= 15 is 0 Å². The number of carbonyl (C=O) groups is 1. The first-order valence-electron chi connectivity index (χ1n) is 5.28. The maximum atomic E-state index is 12.9. The summed E-state index contributed by atoms with van der Waals surface area (Å²) in [5, 5.41) is 19.4. The molecule has 0 radical (unpaired) electrons. The third-order valence-electron chi connectivity index (χ3n) is 2.31. The van der Waals surface area contributed by atoms with Crippen molar-refractivity contribution in [3.8, 4) is 11.6 Å². The van der Waals surface area contributed by atoms with E-state index < -0.39 is 22.3 Å². The van der Waals surface area contributed by atoms with E-state index in [2.05, 4.69) is 4.98 Å². The number of rotatable bonds is 4. The van der Waals surface area contributed by atoms with E-state index in [9.17, 15) is 19.3 Å². The van der Waals surface area contributed by atoms with E-state index in [-0.39, 0.29) is 17.3 Å². The van der Waals surface area contributed by atoms with Crippen LogP contribution < -0.4 is 4.74 Å². The molecular formula is C12H7FN2O5. The van der Waals surface area contributed by atoms with Crippen LogP contribution in [0.2, 0.25) is 0 Å². The molecule has 102 valence electrons. The number of ether oxygens (including phenoxy) is 1. The molecular weight excluding hydrogens is 271 g/mol. The summed E-state index contributed by atoms with van der Waals surface area (Å²) in [4.78, 5) is 24.4. The fourth-order valence-electron chi connectivity index (χ4n) is 1.41. The number of carboxylic acids is 1. The van der Waals surface area contributed by atoms with Crippen LogP contribution in [0.4, 0.5) is 10.1 Å². The molecule has 0 bridgehead atoms. The minimum atomic E-state index is -1.39. The Hall–Kier alpha value is -3.03. The standard InChI is InChI=1S/C12H7FN2O5/c13-7-5-10(12(16)17)11(14-6-7)20-9-3-1-8(2-4-9)15(18)19/h1-6H,(H,16,17). The largest absolute Gasteiger partial charge is 0.477 e. The molecule has 0 atom stereocenters. The molecule has 1 N–H and O–H groups in total. The number of halogens is 1. The number of hydrogen-bond acceptors (Lipinski definition) is 5. The number of nitro groups is 1. The number of non-ortho nitro benzene ring substituents is 1. The van der Waals surface area contributed by atoms with Gasteiger partial charge in [0.05, 0.1) is 11.1 Å². The summed E-state index contributed by atoms with van der Waals surface area (Å²) < 4.78 is 18.1. The Morgan fingerprint density at radius 3 is 2.55 bits per heavy atom. The Bertz CT molecular complexity index is 672. The van der Waals surface area contributed by atoms with Crippen molar-refractivity contribution in [1.29, 1.82) is 0 Å². The van der Waals surface area contributed by atoms with Crippen LogP contribution in [-0.2, 0) is 0 Å². The molecule has 0 amide bonds. The molecule has 2 rings (SSSR count). The van der Waals surface area contributed by atoms with Gasteiger partial charge in [0.2, 0.25) is 5.88 Å². The summed E-state index contributed by atoms with van der Waals surface area (Å²) in [7, 11) is 0. The summed E-state index contributed by atoms with van der Waals surface area (Å²) in [5.41, 5.74) is -0.578. The highest BCUT2D eigenvalue weighted by Crippen LogP contribution is 2.25. The second-order valence-corrected chi connectivity index (χ2v) is 3.66. The van der Waals surface area contributed by atoms with Crippen LogP contribution in [0.5, 0.6) is 11.6 Å². The molecule has 7 nitrogen and oxygen atoms in total. The van der Waals surface area contributed by atoms with E-state index in [1.54, 1.807) is 0 Å². The first kappa shape index (κ1) is 13.4. The zero-order valence-corrected chi connectivity index (χ0v) is 9.82. The molecule has 1 aromatic carbocycles. The third-order valence-corrected chi connectivity index (χ3v) is 2.31. The van der Waals surface area contributed by atoms with Gasteiger partial charge in [-0.3, -0.25) is 10.1 Å². The zero-order valence-electron chi connectivity index (χ0n) is 9.82. The minimum Gasteiger partial charge on any atom is -0.477 e. The molecule has 0 aliphatic rings. The minimum absolute atomic E-state index is 0.136. The monoisotopic (exact) mass is 278 g/mol. The smallest absolute Gasteiger partial charge is 0.341 e. The van der Waals surface area contributed by atoms with Crippen molar-refractivity contribution >= 4 is 11.7 Å². The van der Waals surface area contributed by atoms with Gasteiger partial charge in [-0.15, -0.1) is 0 Å². The lowest BCUT2D eigenvalue weighted by molar-refractivity contribution is -0.384. The van der Waals surface area contributed by atoms with Gasteiger partial charge >= 0.3 is 5.97 Å². The van der Waals surface area contributed by atoms with E-state index in [1.807, 2.05) is 0 Å². The fraction of sp³-hybridized carbons (Fsp3) is 0. The normalized spacial score (nSPS) is 10.1. The number of nitro benzene ring substituents is 1. The topological polar surface area (TPSA) is 103 Å². The maximum Gasteiger partial charge on any atom is 0.341 e. The molecule has 0 saturated heterocycles. The van der Waals surface area contributed by atoms with Gasteiger partial charge in [-0.25, -0.2) is 14.2 Å². The van der Waals surface area contributed by atoms with Crippen molar-refractivity contribution in [2.45, 2.75) is 0 Å². The Morgan fingerprint density at radius 1 is 1.35 bits per heavy atom. The summed E-state index contributed by atoms with van der Waals surface area (Å²) in [5.74, 6) is -2.35. The number of nitrogens with zero attached hydrogens (tertiary/aromatic N) is 2. The Balaban J connectivity index is 2.30. The molecule has 8 heteroatoms. The second kappa shape index (κ2) is 5.31. The van der Waals surface area contributed by atoms with Gasteiger partial charge in [0, 0.05) is 12.1 Å². The summed E-state index contributed by atoms with van der Waals surface area (Å²) in [6.45, 7) is 0. The van der Waals surface area contributed by atoms with E-state index in [4.69, 9.17) is 9.84 Å². The lowest BCUT2D eigenvalue weighted by Gasteiger charge is -2.07. The molecule has 1 heterocycles. The average molecular weight is 278 g/mol. The summed E-state index contributed by atoms with van der Waals surface area (Å²) in [6, 6.07) is 5.73. The van der Waals surface area contributed by atoms with Crippen molar-refractivity contribution in [2.24, 2.45) is 0 Å². The average Bonchev–Trinajstić information content (AvgIpc) is 2.41. The predicted molar refractivity (Wildman–Crippen MR) is 64.3 cm³/mol. The van der Waals surface area contributed by atoms with Crippen molar-refractivity contribution in [3.63, 3.8) is 0 Å². The molecule has 0 spiro atoms. The Labute approximate surface area is 111 Å². The number of carboxylic acid groups (broad SMARTS) is 1. The van der Waals surface area contributed by atoms with Crippen LogP contribution in [0.25, 0.3) is 0 Å². The van der Waals surface area contributed by atoms with Crippen molar-refractivity contribution in [3.05, 3.63) is 58.0 Å². The molecule has 1 aromatic heterocycles. The predicted octanol–water partition coefficient (Wildman–Crippen LogP) is 2.62. The van der Waals surface area contributed by atoms with Gasteiger partial charge in [-0.05, 0) is 18.2 Å². The lowest BCUT2D eigenvalue weighted by Crippen LogP contribution is -2.03. The first-order valence-corrected chi connectivity index (χ1v) is 5.28. The highest BCUT2D eigenvalue weighted by Gasteiger charge is 2.15. The van der Waals surface area contributed by atoms with Crippen LogP contribution in [-0.4, -0.2) is 21.0 Å². The number of aromatic nitrogens is 1. The van der Waals surface area contributed by atoms with Crippen LogP contribution in [0.15, 0.2) is 36.5 Å². The van der Waals surface area contributed by atoms with Gasteiger partial charge in [0.15, 0.2) is 0 Å². The van der Waals surface area contributed by atoms with Crippen LogP contribution >= 0.6 is 0 Å². The number of hydrogen-bond donors (Lipinski definition) is 1. The van der Waals surface area contributed by atoms with E-state index in [0.717, 1.165) is 12.3 Å². The molecule has 0 aliphatic heterocycles. The molecule has 0 unspecified atom stereocenters. The van der Waals surface area contributed by atoms with Gasteiger partial charge in [-0.2, -0.15) is 0 Å². The molecule has 2 aromatic rings. The quantitative estimate of drug-likeness (QED) is 0.681. The van der Waals surface area contributed by atoms with Crippen LogP contribution in [0, 0.1) is 15.9 Å². The van der Waals surface area contributed by atoms with Gasteiger partial charge in [-0.1, -0.05) is 0 Å². The van der Waals surface area contributed by atoms with E-state index in [0.29, 0.717) is 0 Å². The van der Waals surface area contributed by atoms with Crippen LogP contribution in [0.1, 0.15) is 10.4 Å². The van der Waals surface area contributed by atoms with Gasteiger partial charge in [0.1, 0.15) is 17.1 Å².